The number of aromatic nitrogens is 1. The topological polar surface area (TPSA) is 54.0 Å². The summed E-state index contributed by atoms with van der Waals surface area (Å²) in [4.78, 5) is 15.5. The summed E-state index contributed by atoms with van der Waals surface area (Å²) in [6, 6.07) is 4.18. The predicted molar refractivity (Wildman–Crippen MR) is 71.2 cm³/mol. The van der Waals surface area contributed by atoms with Crippen molar-refractivity contribution in [3.05, 3.63) is 18.3 Å². The highest BCUT2D eigenvalue weighted by molar-refractivity contribution is 5.89. The molecule has 0 fully saturated rings. The normalized spacial score (nSPS) is 11.9. The Bertz CT molecular complexity index is 348. The SMILES string of the molecule is CCCC(=O)Nc1ccc(NC(C)CC)cn1. The number of anilines is 2. The van der Waals surface area contributed by atoms with Gasteiger partial charge in [-0.2, -0.15) is 0 Å². The van der Waals surface area contributed by atoms with E-state index in [1.807, 2.05) is 19.1 Å². The van der Waals surface area contributed by atoms with Crippen LogP contribution in [0.15, 0.2) is 18.3 Å². The largest absolute Gasteiger partial charge is 0.381 e. The van der Waals surface area contributed by atoms with Crippen molar-refractivity contribution in [1.29, 1.82) is 0 Å². The van der Waals surface area contributed by atoms with Crippen LogP contribution in [0.25, 0.3) is 0 Å². The molecule has 0 saturated carbocycles. The monoisotopic (exact) mass is 235 g/mol. The second kappa shape index (κ2) is 6.89. The van der Waals surface area contributed by atoms with E-state index >= 15 is 0 Å². The summed E-state index contributed by atoms with van der Waals surface area (Å²) in [7, 11) is 0. The summed E-state index contributed by atoms with van der Waals surface area (Å²) in [5, 5.41) is 6.08. The van der Waals surface area contributed by atoms with E-state index in [1.165, 1.54) is 0 Å². The molecule has 1 heterocycles. The molecule has 0 aliphatic carbocycles. The van der Waals surface area contributed by atoms with Crippen LogP contribution in [0.5, 0.6) is 0 Å². The number of nitrogens with zero attached hydrogens (tertiary/aromatic N) is 1. The minimum absolute atomic E-state index is 0.0163. The lowest BCUT2D eigenvalue weighted by Gasteiger charge is -2.12. The number of carbonyl (C=O) groups is 1. The Balaban J connectivity index is 2.52. The van der Waals surface area contributed by atoms with E-state index in [-0.39, 0.29) is 5.91 Å². The molecule has 1 amide bonds. The fraction of sp³-hybridized carbons (Fsp3) is 0.538. The fourth-order valence-corrected chi connectivity index (χ4v) is 1.37. The summed E-state index contributed by atoms with van der Waals surface area (Å²) in [6.07, 6.45) is 4.19. The van der Waals surface area contributed by atoms with Crippen molar-refractivity contribution in [3.8, 4) is 0 Å². The standard InChI is InChI=1S/C13H21N3O/c1-4-6-13(17)16-12-8-7-11(9-14-12)15-10(3)5-2/h7-10,15H,4-6H2,1-3H3,(H,14,16,17). The van der Waals surface area contributed by atoms with Gasteiger partial charge in [0, 0.05) is 12.5 Å². The molecule has 0 saturated heterocycles. The van der Waals surface area contributed by atoms with E-state index in [0.717, 1.165) is 18.5 Å². The minimum atomic E-state index is 0.0163. The molecule has 0 aromatic carbocycles. The first kappa shape index (κ1) is 13.5. The van der Waals surface area contributed by atoms with E-state index in [1.54, 1.807) is 6.20 Å². The van der Waals surface area contributed by atoms with Crippen LogP contribution in [0, 0.1) is 0 Å². The van der Waals surface area contributed by atoms with Crippen LogP contribution < -0.4 is 10.6 Å². The van der Waals surface area contributed by atoms with Gasteiger partial charge in [-0.25, -0.2) is 4.98 Å². The molecule has 4 nitrogen and oxygen atoms in total. The van der Waals surface area contributed by atoms with E-state index in [0.29, 0.717) is 18.3 Å². The van der Waals surface area contributed by atoms with Gasteiger partial charge in [-0.3, -0.25) is 4.79 Å². The predicted octanol–water partition coefficient (Wildman–Crippen LogP) is 3.03. The van der Waals surface area contributed by atoms with E-state index in [9.17, 15) is 4.79 Å². The Kier molecular flexibility index (Phi) is 5.46. The Morgan fingerprint density at radius 3 is 2.71 bits per heavy atom. The maximum atomic E-state index is 11.4. The van der Waals surface area contributed by atoms with Gasteiger partial charge in [0.15, 0.2) is 0 Å². The van der Waals surface area contributed by atoms with Gasteiger partial charge in [-0.15, -0.1) is 0 Å². The minimum Gasteiger partial charge on any atom is -0.381 e. The van der Waals surface area contributed by atoms with Crippen LogP contribution in [0.3, 0.4) is 0 Å². The van der Waals surface area contributed by atoms with Crippen LogP contribution in [0.4, 0.5) is 11.5 Å². The Morgan fingerprint density at radius 1 is 1.41 bits per heavy atom. The zero-order valence-corrected chi connectivity index (χ0v) is 10.8. The molecular weight excluding hydrogens is 214 g/mol. The molecule has 0 aliphatic rings. The van der Waals surface area contributed by atoms with Crippen molar-refractivity contribution >= 4 is 17.4 Å². The summed E-state index contributed by atoms with van der Waals surface area (Å²) in [5.41, 5.74) is 0.979. The molecule has 1 atom stereocenters. The first-order valence-electron chi connectivity index (χ1n) is 6.18. The third-order valence-electron chi connectivity index (χ3n) is 2.53. The first-order chi connectivity index (χ1) is 8.15. The van der Waals surface area contributed by atoms with Crippen LogP contribution in [0.1, 0.15) is 40.0 Å². The molecule has 1 rings (SSSR count). The number of amides is 1. The Hall–Kier alpha value is -1.58. The molecule has 1 unspecified atom stereocenters. The van der Waals surface area contributed by atoms with E-state index < -0.39 is 0 Å². The third-order valence-corrected chi connectivity index (χ3v) is 2.53. The summed E-state index contributed by atoms with van der Waals surface area (Å²) in [5.74, 6) is 0.626. The lowest BCUT2D eigenvalue weighted by molar-refractivity contribution is -0.116. The zero-order chi connectivity index (χ0) is 12.7. The highest BCUT2D eigenvalue weighted by Gasteiger charge is 2.02. The number of pyridine rings is 1. The van der Waals surface area contributed by atoms with Crippen molar-refractivity contribution < 1.29 is 4.79 Å². The summed E-state index contributed by atoms with van der Waals surface area (Å²) in [6.45, 7) is 6.23. The van der Waals surface area contributed by atoms with Gasteiger partial charge in [-0.1, -0.05) is 13.8 Å². The zero-order valence-electron chi connectivity index (χ0n) is 10.8. The quantitative estimate of drug-likeness (QED) is 0.796. The molecule has 0 bridgehead atoms. The Labute approximate surface area is 103 Å². The molecule has 2 N–H and O–H groups in total. The number of carbonyl (C=O) groups excluding carboxylic acids is 1. The maximum absolute atomic E-state index is 11.4. The van der Waals surface area contributed by atoms with Crippen molar-refractivity contribution in [2.45, 2.75) is 46.1 Å². The molecule has 0 radical (unpaired) electrons. The molecular formula is C13H21N3O. The lowest BCUT2D eigenvalue weighted by atomic mass is 10.2. The summed E-state index contributed by atoms with van der Waals surface area (Å²) >= 11 is 0. The van der Waals surface area contributed by atoms with E-state index in [4.69, 9.17) is 0 Å². The highest BCUT2D eigenvalue weighted by Crippen LogP contribution is 2.11. The van der Waals surface area contributed by atoms with Crippen molar-refractivity contribution in [1.82, 2.24) is 4.98 Å². The molecule has 0 aliphatic heterocycles. The summed E-state index contributed by atoms with van der Waals surface area (Å²) < 4.78 is 0. The van der Waals surface area contributed by atoms with Gasteiger partial charge in [-0.05, 0) is 31.9 Å². The molecule has 1 aromatic heterocycles. The second-order valence-electron chi connectivity index (χ2n) is 4.18. The average Bonchev–Trinajstić information content (AvgIpc) is 2.32. The lowest BCUT2D eigenvalue weighted by Crippen LogP contribution is -2.14. The molecule has 4 heteroatoms. The van der Waals surface area contributed by atoms with Crippen LogP contribution in [0.2, 0.25) is 0 Å². The molecule has 0 spiro atoms. The van der Waals surface area contributed by atoms with Crippen molar-refractivity contribution in [2.75, 3.05) is 10.6 Å². The van der Waals surface area contributed by atoms with Gasteiger partial charge in [0.05, 0.1) is 11.9 Å². The maximum Gasteiger partial charge on any atom is 0.225 e. The third kappa shape index (κ3) is 4.85. The second-order valence-corrected chi connectivity index (χ2v) is 4.18. The highest BCUT2D eigenvalue weighted by atomic mass is 16.1. The van der Waals surface area contributed by atoms with Crippen molar-refractivity contribution in [2.24, 2.45) is 0 Å². The van der Waals surface area contributed by atoms with Crippen molar-refractivity contribution in [3.63, 3.8) is 0 Å². The first-order valence-corrected chi connectivity index (χ1v) is 6.18. The van der Waals surface area contributed by atoms with Gasteiger partial charge >= 0.3 is 0 Å². The van der Waals surface area contributed by atoms with Gasteiger partial charge in [0.2, 0.25) is 5.91 Å². The van der Waals surface area contributed by atoms with Gasteiger partial charge in [0.1, 0.15) is 5.82 Å². The van der Waals surface area contributed by atoms with Gasteiger partial charge in [0.25, 0.3) is 0 Å². The van der Waals surface area contributed by atoms with Gasteiger partial charge < -0.3 is 10.6 Å². The fourth-order valence-electron chi connectivity index (χ4n) is 1.37. The number of hydrogen-bond acceptors (Lipinski definition) is 3. The molecule has 17 heavy (non-hydrogen) atoms. The smallest absolute Gasteiger partial charge is 0.225 e. The molecule has 1 aromatic rings. The average molecular weight is 235 g/mol. The van der Waals surface area contributed by atoms with Crippen LogP contribution in [-0.2, 0) is 4.79 Å². The number of nitrogens with one attached hydrogen (secondary N) is 2. The number of rotatable bonds is 6. The van der Waals surface area contributed by atoms with Crippen LogP contribution in [-0.4, -0.2) is 16.9 Å². The Morgan fingerprint density at radius 2 is 2.18 bits per heavy atom. The van der Waals surface area contributed by atoms with Crippen LogP contribution >= 0.6 is 0 Å². The van der Waals surface area contributed by atoms with E-state index in [2.05, 4.69) is 29.5 Å². The molecule has 94 valence electrons. The number of hydrogen-bond donors (Lipinski definition) is 2.